The van der Waals surface area contributed by atoms with Gasteiger partial charge in [0.15, 0.2) is 0 Å². The van der Waals surface area contributed by atoms with E-state index in [2.05, 4.69) is 30.3 Å². The molecule has 0 aliphatic heterocycles. The van der Waals surface area contributed by atoms with Crippen LogP contribution in [-0.4, -0.2) is 97.4 Å². The van der Waals surface area contributed by atoms with E-state index in [1.54, 1.807) is 0 Å². The number of hydrogen-bond donors (Lipinski definition) is 8. The second-order valence-electron chi connectivity index (χ2n) is 6.40. The molecule has 1 unspecified atom stereocenters. The number of aliphatic hydroxyl groups is 2. The molecule has 1 aromatic carbocycles. The van der Waals surface area contributed by atoms with E-state index in [1.165, 1.54) is 4.90 Å². The minimum Gasteiger partial charge on any atom is -0.478 e. The zero-order valence-electron chi connectivity index (χ0n) is 17.4. The minimum atomic E-state index is -4.64. The third-order valence-electron chi connectivity index (χ3n) is 4.04. The number of carbonyl (C=O) groups is 1. The molecule has 2 aromatic rings. The Morgan fingerprint density at radius 3 is 2.35 bits per heavy atom. The Kier molecular flexibility index (Phi) is 9.98. The number of aliphatic hydroxyl groups excluding tert-OH is 2. The first-order chi connectivity index (χ1) is 16.0. The topological polar surface area (TPSA) is 247 Å². The fourth-order valence-electron chi connectivity index (χ4n) is 2.60. The molecule has 0 saturated heterocycles. The fraction of sp³-hybridized carbons (Fsp3) is 0.375. The summed E-state index contributed by atoms with van der Waals surface area (Å²) in [4.78, 5) is 24.8. The highest BCUT2D eigenvalue weighted by Crippen LogP contribution is 2.25. The quantitative estimate of drug-likeness (QED) is 0.104. The van der Waals surface area contributed by atoms with Gasteiger partial charge in [-0.15, -0.1) is 0 Å². The minimum absolute atomic E-state index is 0.0104. The molecule has 188 valence electrons. The zero-order valence-corrected chi connectivity index (χ0v) is 19.1. The lowest BCUT2D eigenvalue weighted by Crippen LogP contribution is -2.36. The van der Waals surface area contributed by atoms with Crippen molar-refractivity contribution in [2.45, 2.75) is 4.90 Å². The highest BCUT2D eigenvalue weighted by atomic mass is 32.2. The van der Waals surface area contributed by atoms with Crippen LogP contribution in [0.25, 0.3) is 0 Å². The van der Waals surface area contributed by atoms with Gasteiger partial charge < -0.3 is 30.9 Å². The van der Waals surface area contributed by atoms with Gasteiger partial charge in [-0.3, -0.25) is 9.11 Å². The molecule has 0 aliphatic carbocycles. The number of aromatic nitrogens is 3. The molecule has 0 fully saturated rings. The van der Waals surface area contributed by atoms with E-state index in [-0.39, 0.29) is 68.5 Å². The van der Waals surface area contributed by atoms with Gasteiger partial charge >= 0.3 is 5.97 Å². The molecule has 1 atom stereocenters. The number of rotatable bonds is 14. The molecule has 0 aliphatic rings. The van der Waals surface area contributed by atoms with Gasteiger partial charge in [0, 0.05) is 26.2 Å². The van der Waals surface area contributed by atoms with Crippen LogP contribution < -0.4 is 20.3 Å². The van der Waals surface area contributed by atoms with Gasteiger partial charge in [-0.2, -0.15) is 23.4 Å². The number of nitrogens with one attached hydrogen (secondary N) is 3. The molecule has 8 N–H and O–H groups in total. The van der Waals surface area contributed by atoms with Crippen LogP contribution in [-0.2, 0) is 21.4 Å². The molecule has 18 heteroatoms. The van der Waals surface area contributed by atoms with Crippen molar-refractivity contribution in [3.63, 3.8) is 0 Å². The number of hydrogen-bond acceptors (Lipinski definition) is 12. The van der Waals surface area contributed by atoms with Crippen LogP contribution in [0.4, 0.5) is 23.5 Å². The standard InChI is InChI=1S/C16H23N7O9S2/c24-7-4-17-14-20-15(22-16(21-14)23(6-8-25)5-3-18-33(28)29)19-12-9-10(34(30,31)32)1-2-11(12)13(26)27/h1-2,9,18,24-25H,3-8H2,(H,26,27)(H,28,29)(H,30,31,32)(H2,17,19,20,21,22). The van der Waals surface area contributed by atoms with Crippen LogP contribution in [0, 0.1) is 0 Å². The van der Waals surface area contributed by atoms with Crippen molar-refractivity contribution in [2.24, 2.45) is 0 Å². The second kappa shape index (κ2) is 12.5. The Hall–Kier alpha value is -3.00. The summed E-state index contributed by atoms with van der Waals surface area (Å²) in [5.41, 5.74) is -0.597. The summed E-state index contributed by atoms with van der Waals surface area (Å²) in [6, 6.07) is 2.77. The molecule has 2 rings (SSSR count). The van der Waals surface area contributed by atoms with Gasteiger partial charge in [0.1, 0.15) is 0 Å². The van der Waals surface area contributed by atoms with E-state index in [0.717, 1.165) is 18.2 Å². The highest BCUT2D eigenvalue weighted by molar-refractivity contribution is 7.85. The molecular formula is C16H23N7O9S2. The van der Waals surface area contributed by atoms with Crippen LogP contribution in [0.1, 0.15) is 10.4 Å². The van der Waals surface area contributed by atoms with Gasteiger partial charge in [0.05, 0.1) is 29.4 Å². The number of anilines is 4. The first-order valence-corrected chi connectivity index (χ1v) is 12.0. The molecule has 0 amide bonds. The van der Waals surface area contributed by atoms with E-state index < -0.39 is 32.2 Å². The Labute approximate surface area is 196 Å². The van der Waals surface area contributed by atoms with Gasteiger partial charge in [-0.1, -0.05) is 0 Å². The van der Waals surface area contributed by atoms with Crippen molar-refractivity contribution in [3.05, 3.63) is 23.8 Å². The van der Waals surface area contributed by atoms with Crippen molar-refractivity contribution in [2.75, 3.05) is 54.9 Å². The molecule has 0 bridgehead atoms. The molecule has 1 heterocycles. The van der Waals surface area contributed by atoms with E-state index >= 15 is 0 Å². The third-order valence-corrected chi connectivity index (χ3v) is 5.35. The smallest absolute Gasteiger partial charge is 0.337 e. The lowest BCUT2D eigenvalue weighted by Gasteiger charge is -2.22. The van der Waals surface area contributed by atoms with Gasteiger partial charge in [-0.25, -0.2) is 13.7 Å². The Balaban J connectivity index is 2.50. The molecule has 16 nitrogen and oxygen atoms in total. The normalized spacial score (nSPS) is 12.2. The van der Waals surface area contributed by atoms with Crippen molar-refractivity contribution in [1.82, 2.24) is 19.7 Å². The molecule has 0 saturated carbocycles. The fourth-order valence-corrected chi connectivity index (χ4v) is 3.38. The van der Waals surface area contributed by atoms with E-state index in [4.69, 9.17) is 9.66 Å². The SMILES string of the molecule is O=C(O)c1ccc(S(=O)(=O)O)cc1Nc1nc(NCCO)nc(N(CCO)CCNS(=O)O)n1. The maximum Gasteiger partial charge on any atom is 0.337 e. The predicted octanol–water partition coefficient (Wildman–Crippen LogP) is -1.51. The van der Waals surface area contributed by atoms with E-state index in [1.807, 2.05) is 0 Å². The third kappa shape index (κ3) is 8.09. The van der Waals surface area contributed by atoms with Crippen LogP contribution in [0.5, 0.6) is 0 Å². The molecular weight excluding hydrogens is 498 g/mol. The predicted molar refractivity (Wildman–Crippen MR) is 120 cm³/mol. The number of aromatic carboxylic acids is 1. The van der Waals surface area contributed by atoms with Crippen molar-refractivity contribution < 1.29 is 41.8 Å². The van der Waals surface area contributed by atoms with Crippen LogP contribution in [0.3, 0.4) is 0 Å². The average Bonchev–Trinajstić information content (AvgIpc) is 2.76. The van der Waals surface area contributed by atoms with Crippen molar-refractivity contribution >= 4 is 50.9 Å². The number of carboxylic acids is 1. The summed E-state index contributed by atoms with van der Waals surface area (Å²) < 4.78 is 54.2. The summed E-state index contributed by atoms with van der Waals surface area (Å²) in [5, 5.41) is 33.2. The van der Waals surface area contributed by atoms with Crippen LogP contribution in [0.15, 0.2) is 23.1 Å². The average molecular weight is 522 g/mol. The Morgan fingerprint density at radius 2 is 1.76 bits per heavy atom. The molecule has 1 aromatic heterocycles. The maximum atomic E-state index is 11.6. The summed E-state index contributed by atoms with van der Waals surface area (Å²) >= 11 is -2.27. The number of benzene rings is 1. The van der Waals surface area contributed by atoms with E-state index in [9.17, 15) is 32.2 Å². The Bertz CT molecular complexity index is 1130. The molecule has 34 heavy (non-hydrogen) atoms. The second-order valence-corrected chi connectivity index (χ2v) is 8.61. The van der Waals surface area contributed by atoms with Gasteiger partial charge in [-0.05, 0) is 18.2 Å². The highest BCUT2D eigenvalue weighted by Gasteiger charge is 2.19. The van der Waals surface area contributed by atoms with Crippen molar-refractivity contribution in [3.8, 4) is 0 Å². The first-order valence-electron chi connectivity index (χ1n) is 9.48. The molecule has 0 radical (unpaired) electrons. The lowest BCUT2D eigenvalue weighted by molar-refractivity contribution is 0.0697. The summed E-state index contributed by atoms with van der Waals surface area (Å²) in [5.74, 6) is -1.71. The van der Waals surface area contributed by atoms with Gasteiger partial charge in [0.2, 0.25) is 29.1 Å². The van der Waals surface area contributed by atoms with Crippen LogP contribution >= 0.6 is 0 Å². The maximum absolute atomic E-state index is 11.6. The monoisotopic (exact) mass is 521 g/mol. The van der Waals surface area contributed by atoms with Gasteiger partial charge in [0.25, 0.3) is 10.1 Å². The Morgan fingerprint density at radius 1 is 1.06 bits per heavy atom. The van der Waals surface area contributed by atoms with E-state index in [0.29, 0.717) is 0 Å². The number of nitrogens with zero attached hydrogens (tertiary/aromatic N) is 4. The summed E-state index contributed by atoms with van der Waals surface area (Å²) in [6.45, 7) is -0.440. The van der Waals surface area contributed by atoms with Crippen LogP contribution in [0.2, 0.25) is 0 Å². The lowest BCUT2D eigenvalue weighted by atomic mass is 10.2. The number of carboxylic acid groups (broad SMARTS) is 1. The largest absolute Gasteiger partial charge is 0.478 e. The first kappa shape index (κ1) is 27.2. The zero-order chi connectivity index (χ0) is 25.3. The summed E-state index contributed by atoms with van der Waals surface area (Å²) in [7, 11) is -4.64. The summed E-state index contributed by atoms with van der Waals surface area (Å²) in [6.07, 6.45) is 0. The van der Waals surface area contributed by atoms with Crippen molar-refractivity contribution in [1.29, 1.82) is 0 Å². The molecule has 0 spiro atoms.